The minimum atomic E-state index is -0.225. The molecule has 0 aromatic rings. The number of rotatable bonds is 5. The van der Waals surface area contributed by atoms with Gasteiger partial charge in [-0.05, 0) is 45.1 Å². The summed E-state index contributed by atoms with van der Waals surface area (Å²) in [6.07, 6.45) is 5.71. The molecule has 2 saturated carbocycles. The van der Waals surface area contributed by atoms with Gasteiger partial charge in [0.25, 0.3) is 0 Å². The zero-order valence-corrected chi connectivity index (χ0v) is 11.4. The van der Waals surface area contributed by atoms with Crippen LogP contribution in [-0.2, 0) is 0 Å². The lowest BCUT2D eigenvalue weighted by molar-refractivity contribution is 0.212. The minimum absolute atomic E-state index is 0.225. The highest BCUT2D eigenvalue weighted by molar-refractivity contribution is 5.15. The topological polar surface area (TPSA) is 39.1 Å². The highest BCUT2D eigenvalue weighted by atomic mass is 15.2. The molecular weight excluding hydrogens is 210 g/mol. The molecule has 0 aromatic carbocycles. The summed E-state index contributed by atoms with van der Waals surface area (Å²) in [5.74, 6) is 0.702. The number of nitrogens with zero attached hydrogens (tertiary/aromatic N) is 2. The molecule has 96 valence electrons. The summed E-state index contributed by atoms with van der Waals surface area (Å²) < 4.78 is 0. The zero-order valence-electron chi connectivity index (χ0n) is 11.4. The number of hydrogen-bond acceptors (Lipinski definition) is 3. The first-order chi connectivity index (χ1) is 8.04. The predicted octanol–water partition coefficient (Wildman–Crippen LogP) is 2.14. The first-order valence-electron chi connectivity index (χ1n) is 6.94. The van der Waals surface area contributed by atoms with E-state index in [0.29, 0.717) is 18.0 Å². The molecule has 2 unspecified atom stereocenters. The Bertz CT molecular complexity index is 303. The molecule has 2 atom stereocenters. The van der Waals surface area contributed by atoms with Crippen LogP contribution in [0, 0.1) is 17.2 Å². The van der Waals surface area contributed by atoms with E-state index in [9.17, 15) is 5.26 Å². The van der Waals surface area contributed by atoms with Gasteiger partial charge in [0.15, 0.2) is 0 Å². The molecular formula is C14H25N3. The number of hydrogen-bond donors (Lipinski definition) is 1. The van der Waals surface area contributed by atoms with E-state index in [0.717, 1.165) is 25.8 Å². The molecule has 0 amide bonds. The molecule has 1 N–H and O–H groups in total. The van der Waals surface area contributed by atoms with E-state index >= 15 is 0 Å². The maximum atomic E-state index is 9.44. The van der Waals surface area contributed by atoms with Gasteiger partial charge in [-0.15, -0.1) is 0 Å². The Morgan fingerprint density at radius 2 is 2.12 bits per heavy atom. The van der Waals surface area contributed by atoms with Crippen molar-refractivity contribution in [3.63, 3.8) is 0 Å². The molecule has 2 fully saturated rings. The van der Waals surface area contributed by atoms with Crippen LogP contribution in [0.5, 0.6) is 0 Å². The molecule has 3 heteroatoms. The van der Waals surface area contributed by atoms with Crippen LogP contribution in [0.3, 0.4) is 0 Å². The summed E-state index contributed by atoms with van der Waals surface area (Å²) in [6.45, 7) is 5.65. The maximum absolute atomic E-state index is 9.44. The van der Waals surface area contributed by atoms with Gasteiger partial charge < -0.3 is 4.90 Å². The van der Waals surface area contributed by atoms with Gasteiger partial charge >= 0.3 is 0 Å². The largest absolute Gasteiger partial charge is 0.303 e. The van der Waals surface area contributed by atoms with Crippen LogP contribution in [-0.4, -0.2) is 36.1 Å². The van der Waals surface area contributed by atoms with Gasteiger partial charge in [0.05, 0.1) is 6.07 Å². The van der Waals surface area contributed by atoms with Gasteiger partial charge in [-0.2, -0.15) is 5.26 Å². The lowest BCUT2D eigenvalue weighted by Gasteiger charge is -2.28. The average Bonchev–Trinajstić information content (AvgIpc) is 2.95. The third kappa shape index (κ3) is 3.20. The Morgan fingerprint density at radius 1 is 1.41 bits per heavy atom. The van der Waals surface area contributed by atoms with E-state index in [4.69, 9.17) is 0 Å². The van der Waals surface area contributed by atoms with Gasteiger partial charge in [0.1, 0.15) is 5.54 Å². The van der Waals surface area contributed by atoms with Crippen LogP contribution in [0.25, 0.3) is 0 Å². The molecule has 0 bridgehead atoms. The second-order valence-electron chi connectivity index (χ2n) is 6.34. The van der Waals surface area contributed by atoms with Crippen LogP contribution in [0.1, 0.15) is 46.0 Å². The van der Waals surface area contributed by atoms with Crippen molar-refractivity contribution in [2.24, 2.45) is 5.92 Å². The monoisotopic (exact) mass is 235 g/mol. The fourth-order valence-corrected chi connectivity index (χ4v) is 3.00. The maximum Gasteiger partial charge on any atom is 0.108 e. The highest BCUT2D eigenvalue weighted by Crippen LogP contribution is 2.35. The minimum Gasteiger partial charge on any atom is -0.303 e. The Kier molecular flexibility index (Phi) is 3.75. The van der Waals surface area contributed by atoms with E-state index in [1.54, 1.807) is 0 Å². The van der Waals surface area contributed by atoms with Crippen LogP contribution in [0.4, 0.5) is 0 Å². The van der Waals surface area contributed by atoms with Crippen LogP contribution in [0.2, 0.25) is 0 Å². The van der Waals surface area contributed by atoms with Crippen molar-refractivity contribution in [3.8, 4) is 6.07 Å². The molecule has 0 aromatic heterocycles. The molecule has 0 saturated heterocycles. The van der Waals surface area contributed by atoms with E-state index in [2.05, 4.69) is 37.2 Å². The van der Waals surface area contributed by atoms with Gasteiger partial charge in [-0.3, -0.25) is 5.32 Å². The Balaban J connectivity index is 1.90. The van der Waals surface area contributed by atoms with Crippen LogP contribution < -0.4 is 5.32 Å². The zero-order chi connectivity index (χ0) is 12.5. The Hall–Kier alpha value is -0.590. The standard InChI is InChI=1S/C14H25N3/c1-11(2)9-17(3)13-6-7-14(8-13,10-15)16-12-4-5-12/h11-13,16H,4-9H2,1-3H3. The fraction of sp³-hybridized carbons (Fsp3) is 0.929. The quantitative estimate of drug-likeness (QED) is 0.793. The van der Waals surface area contributed by atoms with E-state index < -0.39 is 0 Å². The molecule has 0 radical (unpaired) electrons. The van der Waals surface area contributed by atoms with E-state index in [-0.39, 0.29) is 5.54 Å². The number of nitriles is 1. The first-order valence-corrected chi connectivity index (χ1v) is 6.94. The Labute approximate surface area is 105 Å². The normalized spacial score (nSPS) is 33.3. The van der Waals surface area contributed by atoms with Crippen LogP contribution in [0.15, 0.2) is 0 Å². The van der Waals surface area contributed by atoms with Crippen molar-refractivity contribution in [1.29, 1.82) is 5.26 Å². The van der Waals surface area contributed by atoms with Crippen molar-refractivity contribution >= 4 is 0 Å². The summed E-state index contributed by atoms with van der Waals surface area (Å²) >= 11 is 0. The summed E-state index contributed by atoms with van der Waals surface area (Å²) in [5, 5.41) is 13.0. The van der Waals surface area contributed by atoms with Crippen LogP contribution >= 0.6 is 0 Å². The van der Waals surface area contributed by atoms with Crippen molar-refractivity contribution in [3.05, 3.63) is 0 Å². The van der Waals surface area contributed by atoms with Gasteiger partial charge in [0, 0.05) is 18.6 Å². The lowest BCUT2D eigenvalue weighted by atomic mass is 9.99. The third-order valence-electron chi connectivity index (χ3n) is 4.04. The van der Waals surface area contributed by atoms with Gasteiger partial charge in [-0.1, -0.05) is 13.8 Å². The summed E-state index contributed by atoms with van der Waals surface area (Å²) in [4.78, 5) is 2.44. The first kappa shape index (κ1) is 12.9. The third-order valence-corrected chi connectivity index (χ3v) is 4.04. The molecule has 3 nitrogen and oxygen atoms in total. The fourth-order valence-electron chi connectivity index (χ4n) is 3.00. The van der Waals surface area contributed by atoms with Crippen molar-refractivity contribution in [1.82, 2.24) is 10.2 Å². The predicted molar refractivity (Wildman–Crippen MR) is 69.6 cm³/mol. The number of nitrogens with one attached hydrogen (secondary N) is 1. The second-order valence-corrected chi connectivity index (χ2v) is 6.34. The Morgan fingerprint density at radius 3 is 2.65 bits per heavy atom. The average molecular weight is 235 g/mol. The summed E-state index contributed by atoms with van der Waals surface area (Å²) in [6, 6.07) is 3.76. The SMILES string of the molecule is CC(C)CN(C)C1CCC(C#N)(NC2CC2)C1. The van der Waals surface area contributed by atoms with Gasteiger partial charge in [-0.25, -0.2) is 0 Å². The van der Waals surface area contributed by atoms with E-state index in [1.165, 1.54) is 12.8 Å². The smallest absolute Gasteiger partial charge is 0.108 e. The molecule has 17 heavy (non-hydrogen) atoms. The molecule has 0 aliphatic heterocycles. The van der Waals surface area contributed by atoms with Crippen molar-refractivity contribution in [2.75, 3.05) is 13.6 Å². The highest BCUT2D eigenvalue weighted by Gasteiger charge is 2.43. The second kappa shape index (κ2) is 4.96. The van der Waals surface area contributed by atoms with Gasteiger partial charge in [0.2, 0.25) is 0 Å². The summed E-state index contributed by atoms with van der Waals surface area (Å²) in [7, 11) is 2.20. The molecule has 2 aliphatic rings. The van der Waals surface area contributed by atoms with Crippen molar-refractivity contribution < 1.29 is 0 Å². The molecule has 2 rings (SSSR count). The van der Waals surface area contributed by atoms with Crippen molar-refractivity contribution in [2.45, 2.75) is 63.6 Å². The molecule has 0 heterocycles. The summed E-state index contributed by atoms with van der Waals surface area (Å²) in [5.41, 5.74) is -0.225. The molecule has 2 aliphatic carbocycles. The lowest BCUT2D eigenvalue weighted by Crippen LogP contribution is -2.45. The molecule has 0 spiro atoms. The van der Waals surface area contributed by atoms with E-state index in [1.807, 2.05) is 0 Å².